The molecule has 0 aliphatic rings. The highest BCUT2D eigenvalue weighted by molar-refractivity contribution is 7.14. The molecule has 15 heavy (non-hydrogen) atoms. The molecule has 0 atom stereocenters. The highest BCUT2D eigenvalue weighted by Crippen LogP contribution is 2.24. The van der Waals surface area contributed by atoms with Crippen LogP contribution in [0.5, 0.6) is 0 Å². The van der Waals surface area contributed by atoms with E-state index in [1.54, 1.807) is 22.7 Å². The van der Waals surface area contributed by atoms with Crippen LogP contribution >= 0.6 is 34.3 Å². The molecule has 0 unspecified atom stereocenters. The molecule has 2 aromatic rings. The van der Waals surface area contributed by atoms with Gasteiger partial charge in [0.15, 0.2) is 5.13 Å². The number of halogens is 1. The first-order valence-corrected chi connectivity index (χ1v) is 6.51. The standard InChI is InChI=1S/C9H10ClN3S2/c1-6-7(15-5-11-6)3-13(2)9-12-8(10)4-14-9/h4-5H,3H2,1-2H3. The zero-order valence-electron chi connectivity index (χ0n) is 8.40. The summed E-state index contributed by atoms with van der Waals surface area (Å²) in [5.41, 5.74) is 2.96. The van der Waals surface area contributed by atoms with Gasteiger partial charge in [-0.3, -0.25) is 0 Å². The van der Waals surface area contributed by atoms with Crippen LogP contribution < -0.4 is 4.90 Å². The Hall–Kier alpha value is -0.650. The maximum absolute atomic E-state index is 5.78. The van der Waals surface area contributed by atoms with Gasteiger partial charge in [-0.1, -0.05) is 11.6 Å². The third kappa shape index (κ3) is 2.48. The lowest BCUT2D eigenvalue weighted by Crippen LogP contribution is -2.15. The van der Waals surface area contributed by atoms with Crippen molar-refractivity contribution in [3.05, 3.63) is 26.6 Å². The first-order chi connectivity index (χ1) is 7.16. The minimum atomic E-state index is 0.558. The summed E-state index contributed by atoms with van der Waals surface area (Å²) in [6, 6.07) is 0. The van der Waals surface area contributed by atoms with E-state index in [9.17, 15) is 0 Å². The summed E-state index contributed by atoms with van der Waals surface area (Å²) >= 11 is 9.00. The molecule has 0 radical (unpaired) electrons. The third-order valence-corrected chi connectivity index (χ3v) is 4.21. The molecule has 0 bridgehead atoms. The molecular weight excluding hydrogens is 250 g/mol. The fourth-order valence-electron chi connectivity index (χ4n) is 1.18. The maximum atomic E-state index is 5.78. The van der Waals surface area contributed by atoms with Gasteiger partial charge in [-0.2, -0.15) is 0 Å². The van der Waals surface area contributed by atoms with Gasteiger partial charge in [-0.25, -0.2) is 9.97 Å². The Morgan fingerprint density at radius 1 is 1.47 bits per heavy atom. The van der Waals surface area contributed by atoms with Crippen LogP contribution in [-0.4, -0.2) is 17.0 Å². The Morgan fingerprint density at radius 2 is 2.27 bits per heavy atom. The largest absolute Gasteiger partial charge is 0.346 e. The van der Waals surface area contributed by atoms with Gasteiger partial charge in [0.25, 0.3) is 0 Å². The Kier molecular flexibility index (Phi) is 3.23. The van der Waals surface area contributed by atoms with Crippen molar-refractivity contribution < 1.29 is 0 Å². The number of aromatic nitrogens is 2. The van der Waals surface area contributed by atoms with Gasteiger partial charge >= 0.3 is 0 Å². The van der Waals surface area contributed by atoms with E-state index in [4.69, 9.17) is 11.6 Å². The van der Waals surface area contributed by atoms with Gasteiger partial charge in [0.05, 0.1) is 17.7 Å². The van der Waals surface area contributed by atoms with E-state index in [0.29, 0.717) is 5.15 Å². The Labute approximate surface area is 101 Å². The summed E-state index contributed by atoms with van der Waals surface area (Å²) in [5.74, 6) is 0. The molecular formula is C9H10ClN3S2. The van der Waals surface area contributed by atoms with Crippen LogP contribution in [-0.2, 0) is 6.54 Å². The zero-order chi connectivity index (χ0) is 10.8. The van der Waals surface area contributed by atoms with Gasteiger partial charge in [0.2, 0.25) is 0 Å². The number of aryl methyl sites for hydroxylation is 1. The Bertz CT molecular complexity index is 452. The van der Waals surface area contributed by atoms with Gasteiger partial charge in [-0.05, 0) is 6.92 Å². The van der Waals surface area contributed by atoms with E-state index in [1.807, 2.05) is 24.9 Å². The van der Waals surface area contributed by atoms with Crippen molar-refractivity contribution in [2.75, 3.05) is 11.9 Å². The number of nitrogens with zero attached hydrogens (tertiary/aromatic N) is 3. The number of thiazole rings is 2. The minimum absolute atomic E-state index is 0.558. The van der Waals surface area contributed by atoms with Crippen molar-refractivity contribution in [1.82, 2.24) is 9.97 Å². The van der Waals surface area contributed by atoms with Crippen molar-refractivity contribution in [2.45, 2.75) is 13.5 Å². The van der Waals surface area contributed by atoms with Crippen LogP contribution in [0.25, 0.3) is 0 Å². The second-order valence-corrected chi connectivity index (χ2v) is 5.33. The smallest absolute Gasteiger partial charge is 0.186 e. The van der Waals surface area contributed by atoms with Crippen LogP contribution in [0.3, 0.4) is 0 Å². The molecule has 3 nitrogen and oxygen atoms in total. The molecule has 0 N–H and O–H groups in total. The van der Waals surface area contributed by atoms with Crippen LogP contribution in [0, 0.1) is 6.92 Å². The number of hydrogen-bond donors (Lipinski definition) is 0. The van der Waals surface area contributed by atoms with Crippen LogP contribution in [0.4, 0.5) is 5.13 Å². The normalized spacial score (nSPS) is 10.6. The average Bonchev–Trinajstić information content (AvgIpc) is 2.77. The predicted octanol–water partition coefficient (Wildman–Crippen LogP) is 3.20. The van der Waals surface area contributed by atoms with Crippen LogP contribution in [0.2, 0.25) is 5.15 Å². The molecule has 0 aliphatic carbocycles. The van der Waals surface area contributed by atoms with Crippen LogP contribution in [0.1, 0.15) is 10.6 Å². The predicted molar refractivity (Wildman–Crippen MR) is 66.1 cm³/mol. The number of rotatable bonds is 3. The monoisotopic (exact) mass is 259 g/mol. The molecule has 2 rings (SSSR count). The van der Waals surface area contributed by atoms with Crippen molar-refractivity contribution in [2.24, 2.45) is 0 Å². The summed E-state index contributed by atoms with van der Waals surface area (Å²) < 4.78 is 0. The van der Waals surface area contributed by atoms with E-state index in [-0.39, 0.29) is 0 Å². The fourth-order valence-corrected chi connectivity index (χ4v) is 2.93. The first-order valence-electron chi connectivity index (χ1n) is 4.38. The molecule has 2 aromatic heterocycles. The van der Waals surface area contributed by atoms with E-state index in [1.165, 1.54) is 4.88 Å². The average molecular weight is 260 g/mol. The zero-order valence-corrected chi connectivity index (χ0v) is 10.8. The summed E-state index contributed by atoms with van der Waals surface area (Å²) in [7, 11) is 2.01. The summed E-state index contributed by atoms with van der Waals surface area (Å²) in [4.78, 5) is 11.8. The Balaban J connectivity index is 2.10. The molecule has 0 spiro atoms. The lowest BCUT2D eigenvalue weighted by atomic mass is 10.4. The second kappa shape index (κ2) is 4.47. The lowest BCUT2D eigenvalue weighted by Gasteiger charge is -2.14. The summed E-state index contributed by atoms with van der Waals surface area (Å²) in [6.45, 7) is 2.86. The molecule has 0 fully saturated rings. The Morgan fingerprint density at radius 3 is 2.80 bits per heavy atom. The van der Waals surface area contributed by atoms with Gasteiger partial charge in [-0.15, -0.1) is 22.7 Å². The van der Waals surface area contributed by atoms with Gasteiger partial charge in [0.1, 0.15) is 5.15 Å². The van der Waals surface area contributed by atoms with Gasteiger partial charge < -0.3 is 4.90 Å². The van der Waals surface area contributed by atoms with Crippen LogP contribution in [0.15, 0.2) is 10.9 Å². The third-order valence-electron chi connectivity index (χ3n) is 2.02. The molecule has 0 saturated carbocycles. The molecule has 2 heterocycles. The molecule has 6 heteroatoms. The lowest BCUT2D eigenvalue weighted by molar-refractivity contribution is 0.918. The molecule has 0 amide bonds. The van der Waals surface area contributed by atoms with E-state index in [0.717, 1.165) is 17.4 Å². The van der Waals surface area contributed by atoms with Crippen molar-refractivity contribution in [3.8, 4) is 0 Å². The summed E-state index contributed by atoms with van der Waals surface area (Å²) in [6.07, 6.45) is 0. The van der Waals surface area contributed by atoms with Crippen molar-refractivity contribution in [3.63, 3.8) is 0 Å². The highest BCUT2D eigenvalue weighted by Gasteiger charge is 2.09. The molecule has 0 saturated heterocycles. The maximum Gasteiger partial charge on any atom is 0.186 e. The van der Waals surface area contributed by atoms with Gasteiger partial charge in [0, 0.05) is 17.3 Å². The minimum Gasteiger partial charge on any atom is -0.346 e. The highest BCUT2D eigenvalue weighted by atomic mass is 35.5. The number of hydrogen-bond acceptors (Lipinski definition) is 5. The van der Waals surface area contributed by atoms with Crippen molar-refractivity contribution in [1.29, 1.82) is 0 Å². The second-order valence-electron chi connectivity index (χ2n) is 3.17. The van der Waals surface area contributed by atoms with E-state index >= 15 is 0 Å². The number of anilines is 1. The van der Waals surface area contributed by atoms with E-state index < -0.39 is 0 Å². The molecule has 80 valence electrons. The van der Waals surface area contributed by atoms with E-state index in [2.05, 4.69) is 14.9 Å². The summed E-state index contributed by atoms with van der Waals surface area (Å²) in [5, 5.41) is 3.34. The first kappa shape index (κ1) is 10.9. The SMILES string of the molecule is Cc1ncsc1CN(C)c1nc(Cl)cs1. The van der Waals surface area contributed by atoms with Crippen molar-refractivity contribution >= 4 is 39.4 Å². The fraction of sp³-hybridized carbons (Fsp3) is 0.333. The molecule has 0 aromatic carbocycles. The topological polar surface area (TPSA) is 29.0 Å². The molecule has 0 aliphatic heterocycles. The quantitative estimate of drug-likeness (QED) is 0.848.